The highest BCUT2D eigenvalue weighted by molar-refractivity contribution is 5.89. The van der Waals surface area contributed by atoms with Gasteiger partial charge in [0.25, 0.3) is 0 Å². The van der Waals surface area contributed by atoms with Crippen LogP contribution in [0, 0.1) is 0 Å². The Bertz CT molecular complexity index is 578. The van der Waals surface area contributed by atoms with Crippen molar-refractivity contribution in [2.24, 2.45) is 0 Å². The molecule has 84 valence electrons. The summed E-state index contributed by atoms with van der Waals surface area (Å²) in [5.41, 5.74) is 2.11. The fraction of sp³-hybridized carbons (Fsp3) is 0. The maximum Gasteiger partial charge on any atom is 0.337 e. The minimum Gasteiger partial charge on any atom is -0.478 e. The first-order valence-electron chi connectivity index (χ1n) is 4.94. The Morgan fingerprint density at radius 1 is 1.18 bits per heavy atom. The quantitative estimate of drug-likeness (QED) is 0.816. The van der Waals surface area contributed by atoms with Crippen molar-refractivity contribution in [2.45, 2.75) is 0 Å². The fourth-order valence-corrected chi connectivity index (χ4v) is 1.51. The summed E-state index contributed by atoms with van der Waals surface area (Å²) < 4.78 is 0. The van der Waals surface area contributed by atoms with E-state index in [9.17, 15) is 9.59 Å². The number of aromatic nitrogens is 1. The summed E-state index contributed by atoms with van der Waals surface area (Å²) in [5, 5.41) is 8.86. The normalized spacial score (nSPS) is 9.88. The Labute approximate surface area is 97.6 Å². The summed E-state index contributed by atoms with van der Waals surface area (Å²) in [5.74, 6) is -1.02. The van der Waals surface area contributed by atoms with Crippen LogP contribution in [-0.2, 0) is 0 Å². The van der Waals surface area contributed by atoms with Gasteiger partial charge in [-0.3, -0.25) is 9.78 Å². The van der Waals surface area contributed by atoms with Gasteiger partial charge in [-0.05, 0) is 17.7 Å². The van der Waals surface area contributed by atoms with Crippen LogP contribution >= 0.6 is 0 Å². The molecule has 0 aliphatic carbocycles. The lowest BCUT2D eigenvalue weighted by Crippen LogP contribution is -1.97. The van der Waals surface area contributed by atoms with E-state index in [1.165, 1.54) is 12.3 Å². The van der Waals surface area contributed by atoms with E-state index in [1.54, 1.807) is 30.5 Å². The van der Waals surface area contributed by atoms with E-state index >= 15 is 0 Å². The SMILES string of the molecule is O=Cc1cccc(-c2cncc(C(=O)O)c2)c1. The average molecular weight is 227 g/mol. The Balaban J connectivity index is 2.48. The second-order valence-electron chi connectivity index (χ2n) is 3.51. The van der Waals surface area contributed by atoms with Gasteiger partial charge in [-0.15, -0.1) is 0 Å². The van der Waals surface area contributed by atoms with Gasteiger partial charge in [0.2, 0.25) is 0 Å². The van der Waals surface area contributed by atoms with E-state index in [4.69, 9.17) is 5.11 Å². The molecular formula is C13H9NO3. The van der Waals surface area contributed by atoms with Crippen molar-refractivity contribution in [3.8, 4) is 11.1 Å². The molecule has 1 aromatic heterocycles. The molecule has 0 aliphatic heterocycles. The van der Waals surface area contributed by atoms with E-state index in [2.05, 4.69) is 4.98 Å². The molecule has 1 N–H and O–H groups in total. The van der Waals surface area contributed by atoms with Crippen LogP contribution in [-0.4, -0.2) is 22.3 Å². The average Bonchev–Trinajstić information content (AvgIpc) is 2.39. The van der Waals surface area contributed by atoms with Crippen LogP contribution in [0.15, 0.2) is 42.7 Å². The zero-order valence-electron chi connectivity index (χ0n) is 8.83. The fourth-order valence-electron chi connectivity index (χ4n) is 1.51. The molecule has 4 nitrogen and oxygen atoms in total. The number of carbonyl (C=O) groups is 2. The van der Waals surface area contributed by atoms with Gasteiger partial charge >= 0.3 is 5.97 Å². The topological polar surface area (TPSA) is 67.3 Å². The third kappa shape index (κ3) is 2.36. The van der Waals surface area contributed by atoms with Gasteiger partial charge in [-0.2, -0.15) is 0 Å². The summed E-state index contributed by atoms with van der Waals surface area (Å²) in [6, 6.07) is 8.45. The lowest BCUT2D eigenvalue weighted by molar-refractivity contribution is 0.0696. The highest BCUT2D eigenvalue weighted by Gasteiger charge is 2.05. The molecule has 17 heavy (non-hydrogen) atoms. The molecule has 1 aromatic carbocycles. The number of carbonyl (C=O) groups excluding carboxylic acids is 1. The van der Waals surface area contributed by atoms with Crippen LogP contribution in [0.3, 0.4) is 0 Å². The molecular weight excluding hydrogens is 218 g/mol. The summed E-state index contributed by atoms with van der Waals surface area (Å²) in [6.07, 6.45) is 3.60. The zero-order valence-corrected chi connectivity index (χ0v) is 8.83. The van der Waals surface area contributed by atoms with Crippen LogP contribution in [0.5, 0.6) is 0 Å². The number of benzene rings is 1. The smallest absolute Gasteiger partial charge is 0.337 e. The molecule has 0 unspecified atom stereocenters. The number of aldehydes is 1. The monoisotopic (exact) mass is 227 g/mol. The Hall–Kier alpha value is -2.49. The van der Waals surface area contributed by atoms with Crippen molar-refractivity contribution >= 4 is 12.3 Å². The van der Waals surface area contributed by atoms with Crippen LogP contribution in [0.25, 0.3) is 11.1 Å². The number of hydrogen-bond donors (Lipinski definition) is 1. The molecule has 2 rings (SSSR count). The molecule has 0 radical (unpaired) electrons. The number of nitrogens with zero attached hydrogens (tertiary/aromatic N) is 1. The van der Waals surface area contributed by atoms with E-state index < -0.39 is 5.97 Å². The summed E-state index contributed by atoms with van der Waals surface area (Å²) in [7, 11) is 0. The highest BCUT2D eigenvalue weighted by Crippen LogP contribution is 2.20. The third-order valence-electron chi connectivity index (χ3n) is 2.34. The molecule has 0 bridgehead atoms. The number of pyridine rings is 1. The maximum absolute atomic E-state index is 10.8. The van der Waals surface area contributed by atoms with E-state index in [1.807, 2.05) is 0 Å². The number of carboxylic acid groups (broad SMARTS) is 1. The predicted octanol–water partition coefficient (Wildman–Crippen LogP) is 2.26. The first-order chi connectivity index (χ1) is 8.20. The molecule has 4 heteroatoms. The first kappa shape index (κ1) is 11.0. The minimum absolute atomic E-state index is 0.124. The van der Waals surface area contributed by atoms with Crippen molar-refractivity contribution < 1.29 is 14.7 Å². The number of rotatable bonds is 3. The van der Waals surface area contributed by atoms with Gasteiger partial charge in [-0.1, -0.05) is 18.2 Å². The predicted molar refractivity (Wildman–Crippen MR) is 62.0 cm³/mol. The van der Waals surface area contributed by atoms with Crippen LogP contribution in [0.4, 0.5) is 0 Å². The molecule has 0 fully saturated rings. The first-order valence-corrected chi connectivity index (χ1v) is 4.94. The number of hydrogen-bond acceptors (Lipinski definition) is 3. The van der Waals surface area contributed by atoms with Gasteiger partial charge in [0.15, 0.2) is 0 Å². The van der Waals surface area contributed by atoms with Crippen molar-refractivity contribution in [2.75, 3.05) is 0 Å². The molecule has 0 saturated heterocycles. The summed E-state index contributed by atoms with van der Waals surface area (Å²) in [6.45, 7) is 0. The number of carboxylic acids is 1. The van der Waals surface area contributed by atoms with Crippen molar-refractivity contribution in [1.82, 2.24) is 4.98 Å². The molecule has 1 heterocycles. The van der Waals surface area contributed by atoms with Gasteiger partial charge in [0, 0.05) is 23.5 Å². The highest BCUT2D eigenvalue weighted by atomic mass is 16.4. The summed E-state index contributed by atoms with van der Waals surface area (Å²) in [4.78, 5) is 25.3. The minimum atomic E-state index is -1.02. The standard InChI is InChI=1S/C13H9NO3/c15-8-9-2-1-3-10(4-9)11-5-12(13(16)17)7-14-6-11/h1-8H,(H,16,17). The molecule has 2 aromatic rings. The van der Waals surface area contributed by atoms with Crippen molar-refractivity contribution in [3.05, 3.63) is 53.9 Å². The summed E-state index contributed by atoms with van der Waals surface area (Å²) >= 11 is 0. The molecule has 0 amide bonds. The maximum atomic E-state index is 10.8. The number of aromatic carboxylic acids is 1. The van der Waals surface area contributed by atoms with Gasteiger partial charge < -0.3 is 5.11 Å². The Morgan fingerprint density at radius 3 is 2.71 bits per heavy atom. The second-order valence-corrected chi connectivity index (χ2v) is 3.51. The molecule has 0 saturated carbocycles. The van der Waals surface area contributed by atoms with Gasteiger partial charge in [0.05, 0.1) is 5.56 Å². The lowest BCUT2D eigenvalue weighted by atomic mass is 10.0. The van der Waals surface area contributed by atoms with E-state index in [-0.39, 0.29) is 5.56 Å². The van der Waals surface area contributed by atoms with Crippen molar-refractivity contribution in [3.63, 3.8) is 0 Å². The van der Waals surface area contributed by atoms with Crippen molar-refractivity contribution in [1.29, 1.82) is 0 Å². The van der Waals surface area contributed by atoms with Crippen LogP contribution in [0.1, 0.15) is 20.7 Å². The van der Waals surface area contributed by atoms with E-state index in [0.717, 1.165) is 11.8 Å². The van der Waals surface area contributed by atoms with Gasteiger partial charge in [-0.25, -0.2) is 4.79 Å². The molecule has 0 atom stereocenters. The third-order valence-corrected chi connectivity index (χ3v) is 2.34. The Kier molecular flexibility index (Phi) is 2.96. The van der Waals surface area contributed by atoms with E-state index in [0.29, 0.717) is 11.1 Å². The largest absolute Gasteiger partial charge is 0.478 e. The molecule has 0 aliphatic rings. The van der Waals surface area contributed by atoms with Crippen LogP contribution in [0.2, 0.25) is 0 Å². The van der Waals surface area contributed by atoms with Crippen LogP contribution < -0.4 is 0 Å². The Morgan fingerprint density at radius 2 is 2.00 bits per heavy atom. The molecule has 0 spiro atoms. The van der Waals surface area contributed by atoms with Gasteiger partial charge in [0.1, 0.15) is 6.29 Å². The zero-order chi connectivity index (χ0) is 12.3. The lowest BCUT2D eigenvalue weighted by Gasteiger charge is -2.02. The second kappa shape index (κ2) is 4.57.